The van der Waals surface area contributed by atoms with E-state index < -0.39 is 0 Å². The highest BCUT2D eigenvalue weighted by Gasteiger charge is 2.21. The van der Waals surface area contributed by atoms with E-state index >= 15 is 0 Å². The molecular weight excluding hydrogens is 318 g/mol. The first-order chi connectivity index (χ1) is 11.6. The number of nitrogens with zero attached hydrogens (tertiary/aromatic N) is 1. The van der Waals surface area contributed by atoms with E-state index in [4.69, 9.17) is 12.2 Å². The predicted molar refractivity (Wildman–Crippen MR) is 102 cm³/mol. The molecule has 0 spiro atoms. The smallest absolute Gasteiger partial charge is 0.227 e. The van der Waals surface area contributed by atoms with E-state index in [1.165, 1.54) is 11.1 Å². The number of rotatable bonds is 4. The average Bonchev–Trinajstić information content (AvgIpc) is 3.01. The lowest BCUT2D eigenvalue weighted by atomic mass is 10.1. The van der Waals surface area contributed by atoms with Crippen molar-refractivity contribution < 1.29 is 4.79 Å². The van der Waals surface area contributed by atoms with Crippen LogP contribution >= 0.6 is 12.2 Å². The van der Waals surface area contributed by atoms with Gasteiger partial charge in [0.2, 0.25) is 5.91 Å². The quantitative estimate of drug-likeness (QED) is 0.835. The van der Waals surface area contributed by atoms with Crippen LogP contribution < -0.4 is 15.5 Å². The van der Waals surface area contributed by atoms with Crippen LogP contribution in [0.2, 0.25) is 0 Å². The summed E-state index contributed by atoms with van der Waals surface area (Å²) < 4.78 is 0. The van der Waals surface area contributed by atoms with Gasteiger partial charge in [0.25, 0.3) is 0 Å². The topological polar surface area (TPSA) is 44.4 Å². The van der Waals surface area contributed by atoms with Crippen molar-refractivity contribution in [2.24, 2.45) is 0 Å². The summed E-state index contributed by atoms with van der Waals surface area (Å²) in [7, 11) is 0. The minimum absolute atomic E-state index is 0.187. The van der Waals surface area contributed by atoms with Gasteiger partial charge in [0.15, 0.2) is 5.11 Å². The fourth-order valence-corrected chi connectivity index (χ4v) is 2.93. The van der Waals surface area contributed by atoms with Crippen LogP contribution in [0.15, 0.2) is 48.5 Å². The van der Waals surface area contributed by atoms with Crippen LogP contribution in [0.3, 0.4) is 0 Å². The number of benzene rings is 2. The lowest BCUT2D eigenvalue weighted by Gasteiger charge is -2.17. The zero-order valence-corrected chi connectivity index (χ0v) is 14.5. The third-order valence-corrected chi connectivity index (χ3v) is 4.31. The van der Waals surface area contributed by atoms with Crippen molar-refractivity contribution in [1.29, 1.82) is 0 Å². The average molecular weight is 339 g/mol. The molecule has 2 aromatic rings. The number of hydrogen-bond acceptors (Lipinski definition) is 2. The van der Waals surface area contributed by atoms with Gasteiger partial charge in [0.05, 0.1) is 0 Å². The normalized spacial score (nSPS) is 13.9. The van der Waals surface area contributed by atoms with Crippen LogP contribution in [0.25, 0.3) is 0 Å². The van der Waals surface area contributed by atoms with Gasteiger partial charge in [-0.2, -0.15) is 0 Å². The molecule has 1 heterocycles. The van der Waals surface area contributed by atoms with Gasteiger partial charge in [0, 0.05) is 30.9 Å². The molecule has 1 amide bonds. The minimum Gasteiger partial charge on any atom is -0.358 e. The van der Waals surface area contributed by atoms with Gasteiger partial charge < -0.3 is 15.5 Å². The van der Waals surface area contributed by atoms with Gasteiger partial charge in [0.1, 0.15) is 0 Å². The molecule has 24 heavy (non-hydrogen) atoms. The summed E-state index contributed by atoms with van der Waals surface area (Å²) in [4.78, 5) is 13.7. The third-order valence-electron chi connectivity index (χ3n) is 4.06. The summed E-state index contributed by atoms with van der Waals surface area (Å²) in [5.74, 6) is 0.187. The van der Waals surface area contributed by atoms with Crippen LogP contribution in [0.1, 0.15) is 24.0 Å². The standard InChI is InChI=1S/C19H21N3OS/c1-14-7-9-15(10-8-14)13-20-19(24)21-16-4-2-5-17(12-16)22-11-3-6-18(22)23/h2,4-5,7-10,12H,3,6,11,13H2,1H3,(H2,20,21,24). The minimum atomic E-state index is 0.187. The SMILES string of the molecule is Cc1ccc(CNC(=S)Nc2cccc(N3CCCC3=O)c2)cc1. The fourth-order valence-electron chi connectivity index (χ4n) is 2.74. The molecule has 2 aromatic carbocycles. The first kappa shape index (κ1) is 16.5. The first-order valence-corrected chi connectivity index (χ1v) is 8.53. The van der Waals surface area contributed by atoms with Crippen molar-refractivity contribution in [2.45, 2.75) is 26.3 Å². The number of thiocarbonyl (C=S) groups is 1. The predicted octanol–water partition coefficient (Wildman–Crippen LogP) is 3.61. The number of nitrogens with one attached hydrogen (secondary N) is 2. The van der Waals surface area contributed by atoms with E-state index in [1.807, 2.05) is 29.2 Å². The molecule has 0 atom stereocenters. The van der Waals surface area contributed by atoms with Crippen molar-refractivity contribution in [3.63, 3.8) is 0 Å². The number of anilines is 2. The van der Waals surface area contributed by atoms with Gasteiger partial charge in [-0.1, -0.05) is 35.9 Å². The van der Waals surface area contributed by atoms with E-state index in [-0.39, 0.29) is 5.91 Å². The van der Waals surface area contributed by atoms with E-state index in [0.29, 0.717) is 18.1 Å². The lowest BCUT2D eigenvalue weighted by molar-refractivity contribution is -0.117. The number of hydrogen-bond donors (Lipinski definition) is 2. The molecule has 1 aliphatic rings. The second-order valence-electron chi connectivity index (χ2n) is 5.99. The largest absolute Gasteiger partial charge is 0.358 e. The Hall–Kier alpha value is -2.40. The highest BCUT2D eigenvalue weighted by molar-refractivity contribution is 7.80. The number of amides is 1. The zero-order valence-electron chi connectivity index (χ0n) is 13.7. The molecule has 2 N–H and O–H groups in total. The number of carbonyl (C=O) groups excluding carboxylic acids is 1. The number of carbonyl (C=O) groups is 1. The highest BCUT2D eigenvalue weighted by atomic mass is 32.1. The van der Waals surface area contributed by atoms with Gasteiger partial charge in [-0.15, -0.1) is 0 Å². The molecule has 4 nitrogen and oxygen atoms in total. The monoisotopic (exact) mass is 339 g/mol. The first-order valence-electron chi connectivity index (χ1n) is 8.13. The molecule has 0 bridgehead atoms. The van der Waals surface area contributed by atoms with Crippen molar-refractivity contribution in [1.82, 2.24) is 5.32 Å². The number of aryl methyl sites for hydroxylation is 1. The second-order valence-corrected chi connectivity index (χ2v) is 6.40. The van der Waals surface area contributed by atoms with Crippen molar-refractivity contribution in [3.8, 4) is 0 Å². The van der Waals surface area contributed by atoms with Crippen LogP contribution in [-0.4, -0.2) is 17.6 Å². The molecule has 0 unspecified atom stereocenters. The Labute approximate surface area is 147 Å². The van der Waals surface area contributed by atoms with E-state index in [1.54, 1.807) is 0 Å². The summed E-state index contributed by atoms with van der Waals surface area (Å²) in [6.07, 6.45) is 1.56. The summed E-state index contributed by atoms with van der Waals surface area (Å²) in [6.45, 7) is 3.54. The summed E-state index contributed by atoms with van der Waals surface area (Å²) >= 11 is 5.36. The van der Waals surface area contributed by atoms with Gasteiger partial charge in [-0.3, -0.25) is 4.79 Å². The van der Waals surface area contributed by atoms with E-state index in [0.717, 1.165) is 24.3 Å². The van der Waals surface area contributed by atoms with Gasteiger partial charge in [-0.25, -0.2) is 0 Å². The molecular formula is C19H21N3OS. The Morgan fingerprint density at radius 1 is 1.21 bits per heavy atom. The molecule has 0 radical (unpaired) electrons. The Bertz CT molecular complexity index is 743. The second kappa shape index (κ2) is 7.45. The fraction of sp³-hybridized carbons (Fsp3) is 0.263. The van der Waals surface area contributed by atoms with Crippen LogP contribution in [0.4, 0.5) is 11.4 Å². The van der Waals surface area contributed by atoms with Crippen molar-refractivity contribution >= 4 is 34.6 Å². The van der Waals surface area contributed by atoms with Crippen LogP contribution in [0, 0.1) is 6.92 Å². The summed E-state index contributed by atoms with van der Waals surface area (Å²) in [6, 6.07) is 16.2. The molecule has 1 aliphatic heterocycles. The Morgan fingerprint density at radius 3 is 2.71 bits per heavy atom. The molecule has 3 rings (SSSR count). The highest BCUT2D eigenvalue weighted by Crippen LogP contribution is 2.24. The maximum atomic E-state index is 11.9. The van der Waals surface area contributed by atoms with Crippen molar-refractivity contribution in [3.05, 3.63) is 59.7 Å². The van der Waals surface area contributed by atoms with Crippen LogP contribution in [-0.2, 0) is 11.3 Å². The van der Waals surface area contributed by atoms with Gasteiger partial charge in [-0.05, 0) is 49.3 Å². The lowest BCUT2D eigenvalue weighted by Crippen LogP contribution is -2.28. The summed E-state index contributed by atoms with van der Waals surface area (Å²) in [5, 5.41) is 6.96. The van der Waals surface area contributed by atoms with E-state index in [9.17, 15) is 4.79 Å². The maximum absolute atomic E-state index is 11.9. The molecule has 0 saturated carbocycles. The molecule has 1 fully saturated rings. The zero-order chi connectivity index (χ0) is 16.9. The van der Waals surface area contributed by atoms with Gasteiger partial charge >= 0.3 is 0 Å². The van der Waals surface area contributed by atoms with E-state index in [2.05, 4.69) is 41.8 Å². The molecule has 5 heteroatoms. The maximum Gasteiger partial charge on any atom is 0.227 e. The molecule has 0 aliphatic carbocycles. The Balaban J connectivity index is 1.58. The molecule has 1 saturated heterocycles. The summed E-state index contributed by atoms with van der Waals surface area (Å²) in [5.41, 5.74) is 4.23. The van der Waals surface area contributed by atoms with Crippen molar-refractivity contribution in [2.75, 3.05) is 16.8 Å². The third kappa shape index (κ3) is 4.11. The Kier molecular flexibility index (Phi) is 5.11. The Morgan fingerprint density at radius 2 is 2.00 bits per heavy atom. The molecule has 124 valence electrons. The van der Waals surface area contributed by atoms with Crippen LogP contribution in [0.5, 0.6) is 0 Å². The molecule has 0 aromatic heterocycles.